The van der Waals surface area contributed by atoms with Crippen LogP contribution in [0.4, 0.5) is 4.39 Å². The number of hydrazine groups is 1. The van der Waals surface area contributed by atoms with Gasteiger partial charge in [-0.2, -0.15) is 0 Å². The molecule has 0 radical (unpaired) electrons. The molecule has 2 rings (SSSR count). The Morgan fingerprint density at radius 3 is 2.76 bits per heavy atom. The van der Waals surface area contributed by atoms with Gasteiger partial charge < -0.3 is 4.74 Å². The van der Waals surface area contributed by atoms with E-state index in [0.29, 0.717) is 15.8 Å². The lowest BCUT2D eigenvalue weighted by Gasteiger charge is -2.12. The van der Waals surface area contributed by atoms with Crippen molar-refractivity contribution in [2.45, 2.75) is 6.61 Å². The molecule has 0 bridgehead atoms. The first kappa shape index (κ1) is 15.8. The van der Waals surface area contributed by atoms with E-state index in [2.05, 4.69) is 21.4 Å². The minimum atomic E-state index is -0.475. The summed E-state index contributed by atoms with van der Waals surface area (Å²) in [6.07, 6.45) is 0. The maximum absolute atomic E-state index is 13.0. The van der Waals surface area contributed by atoms with Crippen LogP contribution in [0, 0.1) is 5.82 Å². The van der Waals surface area contributed by atoms with Crippen LogP contribution in [0.25, 0.3) is 0 Å². The molecule has 0 aliphatic carbocycles. The number of carbonyl (C=O) groups is 1. The fraction of sp³-hybridized carbons (Fsp3) is 0.0714. The normalized spacial score (nSPS) is 10.3. The average molecular weight is 374 g/mol. The number of ether oxygens (including phenoxy) is 1. The first-order valence-corrected chi connectivity index (χ1v) is 7.05. The largest absolute Gasteiger partial charge is 0.488 e. The summed E-state index contributed by atoms with van der Waals surface area (Å²) in [4.78, 5) is 11.7. The van der Waals surface area contributed by atoms with Gasteiger partial charge in [-0.25, -0.2) is 10.2 Å². The number of carbonyl (C=O) groups excluding carboxylic acids is 1. The number of hydrogen-bond acceptors (Lipinski definition) is 3. The Labute approximate surface area is 134 Å². The minimum absolute atomic E-state index is 0.103. The van der Waals surface area contributed by atoms with Gasteiger partial charge in [-0.15, -0.1) is 0 Å². The second-order valence-corrected chi connectivity index (χ2v) is 5.46. The molecule has 7 heteroatoms. The minimum Gasteiger partial charge on any atom is -0.488 e. The zero-order valence-corrected chi connectivity index (χ0v) is 13.0. The van der Waals surface area contributed by atoms with Crippen molar-refractivity contribution in [2.24, 2.45) is 5.84 Å². The standard InChI is InChI=1S/C14H11BrClFN2O2/c15-9-2-4-13(11(5-9)14(20)19-18)21-7-8-1-3-10(17)6-12(8)16/h1-6H,7,18H2,(H,19,20). The number of benzene rings is 2. The van der Waals surface area contributed by atoms with Crippen molar-refractivity contribution in [3.63, 3.8) is 0 Å². The first-order valence-electron chi connectivity index (χ1n) is 5.88. The maximum Gasteiger partial charge on any atom is 0.268 e. The second-order valence-electron chi connectivity index (χ2n) is 4.14. The van der Waals surface area contributed by atoms with Crippen LogP contribution in [0.5, 0.6) is 5.75 Å². The van der Waals surface area contributed by atoms with Crippen LogP contribution in [-0.2, 0) is 6.61 Å². The van der Waals surface area contributed by atoms with Gasteiger partial charge in [-0.3, -0.25) is 10.2 Å². The van der Waals surface area contributed by atoms with Crippen LogP contribution < -0.4 is 16.0 Å². The van der Waals surface area contributed by atoms with Crippen LogP contribution in [0.15, 0.2) is 40.9 Å². The molecule has 1 amide bonds. The molecule has 0 aliphatic rings. The van der Waals surface area contributed by atoms with Gasteiger partial charge in [0.1, 0.15) is 18.2 Å². The molecule has 110 valence electrons. The lowest BCUT2D eigenvalue weighted by Crippen LogP contribution is -2.30. The van der Waals surface area contributed by atoms with E-state index in [4.69, 9.17) is 22.2 Å². The Morgan fingerprint density at radius 2 is 2.10 bits per heavy atom. The van der Waals surface area contributed by atoms with Crippen LogP contribution >= 0.6 is 27.5 Å². The summed E-state index contributed by atoms with van der Waals surface area (Å²) >= 11 is 9.19. The van der Waals surface area contributed by atoms with Gasteiger partial charge in [-0.05, 0) is 30.3 Å². The van der Waals surface area contributed by atoms with E-state index in [1.807, 2.05) is 0 Å². The highest BCUT2D eigenvalue weighted by atomic mass is 79.9. The van der Waals surface area contributed by atoms with Crippen molar-refractivity contribution < 1.29 is 13.9 Å². The molecule has 0 unspecified atom stereocenters. The Balaban J connectivity index is 2.21. The van der Waals surface area contributed by atoms with E-state index >= 15 is 0 Å². The zero-order valence-electron chi connectivity index (χ0n) is 10.7. The summed E-state index contributed by atoms with van der Waals surface area (Å²) in [6.45, 7) is 0.103. The Hall–Kier alpha value is -1.63. The first-order chi connectivity index (χ1) is 10.0. The molecule has 21 heavy (non-hydrogen) atoms. The number of hydrogen-bond donors (Lipinski definition) is 2. The predicted octanol–water partition coefficient (Wildman–Crippen LogP) is 3.42. The predicted molar refractivity (Wildman–Crippen MR) is 81.5 cm³/mol. The van der Waals surface area contributed by atoms with Gasteiger partial charge in [-0.1, -0.05) is 33.6 Å². The average Bonchev–Trinajstić information content (AvgIpc) is 2.46. The molecule has 0 saturated carbocycles. The number of nitrogens with one attached hydrogen (secondary N) is 1. The van der Waals surface area contributed by atoms with Gasteiger partial charge in [0.25, 0.3) is 5.91 Å². The molecule has 0 fully saturated rings. The Morgan fingerprint density at radius 1 is 1.33 bits per heavy atom. The molecular weight excluding hydrogens is 363 g/mol. The highest BCUT2D eigenvalue weighted by Gasteiger charge is 2.13. The Bertz CT molecular complexity index is 682. The van der Waals surface area contributed by atoms with Gasteiger partial charge in [0.2, 0.25) is 0 Å². The van der Waals surface area contributed by atoms with Gasteiger partial charge in [0, 0.05) is 10.0 Å². The molecule has 2 aromatic rings. The van der Waals surface area contributed by atoms with Crippen LogP contribution in [0.2, 0.25) is 5.02 Å². The summed E-state index contributed by atoms with van der Waals surface area (Å²) in [5.74, 6) is 4.59. The molecular formula is C14H11BrClFN2O2. The van der Waals surface area contributed by atoms with Gasteiger partial charge >= 0.3 is 0 Å². The van der Waals surface area contributed by atoms with E-state index in [-0.39, 0.29) is 17.2 Å². The van der Waals surface area contributed by atoms with Crippen molar-refractivity contribution in [3.05, 3.63) is 62.8 Å². The SMILES string of the molecule is NNC(=O)c1cc(Br)ccc1OCc1ccc(F)cc1Cl. The highest BCUT2D eigenvalue weighted by molar-refractivity contribution is 9.10. The number of halogens is 3. The molecule has 0 saturated heterocycles. The smallest absolute Gasteiger partial charge is 0.268 e. The highest BCUT2D eigenvalue weighted by Crippen LogP contribution is 2.25. The third-order valence-corrected chi connectivity index (χ3v) is 3.56. The van der Waals surface area contributed by atoms with E-state index in [1.54, 1.807) is 18.2 Å². The van der Waals surface area contributed by atoms with E-state index in [1.165, 1.54) is 18.2 Å². The molecule has 0 atom stereocenters. The van der Waals surface area contributed by atoms with Gasteiger partial charge in [0.15, 0.2) is 0 Å². The van der Waals surface area contributed by atoms with Crippen molar-refractivity contribution in [3.8, 4) is 5.75 Å². The molecule has 4 nitrogen and oxygen atoms in total. The molecule has 2 aromatic carbocycles. The molecule has 0 spiro atoms. The molecule has 0 aliphatic heterocycles. The summed E-state index contributed by atoms with van der Waals surface area (Å²) < 4.78 is 19.3. The molecule has 0 heterocycles. The second kappa shape index (κ2) is 6.89. The molecule has 3 N–H and O–H groups in total. The lowest BCUT2D eigenvalue weighted by atomic mass is 10.2. The van der Waals surface area contributed by atoms with Crippen molar-refractivity contribution >= 4 is 33.4 Å². The zero-order chi connectivity index (χ0) is 15.4. The van der Waals surface area contributed by atoms with Crippen molar-refractivity contribution in [2.75, 3.05) is 0 Å². The van der Waals surface area contributed by atoms with Crippen LogP contribution in [-0.4, -0.2) is 5.91 Å². The third-order valence-electron chi connectivity index (χ3n) is 2.72. The summed E-state index contributed by atoms with van der Waals surface area (Å²) in [5.41, 5.74) is 2.94. The number of amides is 1. The van der Waals surface area contributed by atoms with Crippen molar-refractivity contribution in [1.82, 2.24) is 5.43 Å². The van der Waals surface area contributed by atoms with Crippen LogP contribution in [0.1, 0.15) is 15.9 Å². The summed E-state index contributed by atoms with van der Waals surface area (Å²) in [7, 11) is 0. The quantitative estimate of drug-likeness (QED) is 0.490. The molecule has 0 aromatic heterocycles. The Kier molecular flexibility index (Phi) is 5.17. The van der Waals surface area contributed by atoms with E-state index < -0.39 is 11.7 Å². The van der Waals surface area contributed by atoms with E-state index in [0.717, 1.165) is 0 Å². The topological polar surface area (TPSA) is 64.3 Å². The fourth-order valence-corrected chi connectivity index (χ4v) is 2.26. The number of nitrogens with two attached hydrogens (primary N) is 1. The number of rotatable bonds is 4. The number of nitrogen functional groups attached to an aromatic ring is 1. The van der Waals surface area contributed by atoms with Crippen molar-refractivity contribution in [1.29, 1.82) is 0 Å². The summed E-state index contributed by atoms with van der Waals surface area (Å²) in [5, 5.41) is 0.261. The van der Waals surface area contributed by atoms with E-state index in [9.17, 15) is 9.18 Å². The lowest BCUT2D eigenvalue weighted by molar-refractivity contribution is 0.0949. The fourth-order valence-electron chi connectivity index (χ4n) is 1.68. The third kappa shape index (κ3) is 3.93. The monoisotopic (exact) mass is 372 g/mol. The summed E-state index contributed by atoms with van der Waals surface area (Å²) in [6, 6.07) is 8.97. The van der Waals surface area contributed by atoms with Gasteiger partial charge in [0.05, 0.1) is 10.6 Å². The van der Waals surface area contributed by atoms with Crippen LogP contribution in [0.3, 0.4) is 0 Å². The maximum atomic E-state index is 13.0.